The molecule has 1 aromatic carbocycles. The monoisotopic (exact) mass is 353 g/mol. The Morgan fingerprint density at radius 1 is 1.20 bits per heavy atom. The Kier molecular flexibility index (Phi) is 5.20. The lowest BCUT2D eigenvalue weighted by Gasteiger charge is -2.09. The maximum atomic E-state index is 12.0. The van der Waals surface area contributed by atoms with Gasteiger partial charge in [-0.1, -0.05) is 17.8 Å². The van der Waals surface area contributed by atoms with Gasteiger partial charge in [0.2, 0.25) is 0 Å². The van der Waals surface area contributed by atoms with Crippen LogP contribution in [-0.2, 0) is 0 Å². The van der Waals surface area contributed by atoms with Gasteiger partial charge in [-0.05, 0) is 25.3 Å². The number of hydrogen-bond acceptors (Lipinski definition) is 8. The number of benzene rings is 1. The van der Waals surface area contributed by atoms with E-state index in [0.29, 0.717) is 16.7 Å². The molecule has 126 valence electrons. The van der Waals surface area contributed by atoms with Gasteiger partial charge in [-0.25, -0.2) is 19.7 Å². The lowest BCUT2D eigenvalue weighted by Crippen LogP contribution is -2.10. The van der Waals surface area contributed by atoms with Crippen molar-refractivity contribution in [2.24, 2.45) is 0 Å². The van der Waals surface area contributed by atoms with Crippen LogP contribution in [0.2, 0.25) is 0 Å². The number of hydrogen-bond donors (Lipinski definition) is 1. The molecule has 8 heteroatoms. The summed E-state index contributed by atoms with van der Waals surface area (Å²) in [6.07, 6.45) is 6.21. The van der Waals surface area contributed by atoms with Crippen LogP contribution in [0.3, 0.4) is 0 Å². The van der Waals surface area contributed by atoms with Crippen LogP contribution < -0.4 is 10.1 Å². The number of aryl methyl sites for hydroxylation is 1. The molecule has 2 heterocycles. The Hall–Kier alpha value is -3.00. The van der Waals surface area contributed by atoms with Gasteiger partial charge in [0.05, 0.1) is 6.20 Å². The molecule has 0 atom stereocenters. The third kappa shape index (κ3) is 4.51. The topological polar surface area (TPSA) is 89.9 Å². The number of esters is 1. The van der Waals surface area contributed by atoms with E-state index >= 15 is 0 Å². The van der Waals surface area contributed by atoms with Crippen molar-refractivity contribution in [3.63, 3.8) is 0 Å². The second kappa shape index (κ2) is 7.71. The fourth-order valence-electron chi connectivity index (χ4n) is 2.05. The van der Waals surface area contributed by atoms with Gasteiger partial charge in [0, 0.05) is 35.9 Å². The summed E-state index contributed by atoms with van der Waals surface area (Å²) >= 11 is 1.47. The Balaban J connectivity index is 1.75. The lowest BCUT2D eigenvalue weighted by molar-refractivity contribution is 0.0728. The van der Waals surface area contributed by atoms with Crippen LogP contribution in [0.5, 0.6) is 5.75 Å². The second-order valence-electron chi connectivity index (χ2n) is 5.01. The average molecular weight is 353 g/mol. The van der Waals surface area contributed by atoms with Crippen LogP contribution in [0.25, 0.3) is 0 Å². The van der Waals surface area contributed by atoms with Gasteiger partial charge in [-0.2, -0.15) is 0 Å². The lowest BCUT2D eigenvalue weighted by atomic mass is 10.3. The molecule has 25 heavy (non-hydrogen) atoms. The molecule has 0 fully saturated rings. The number of thioether (sulfide) groups is 1. The van der Waals surface area contributed by atoms with Gasteiger partial charge >= 0.3 is 5.97 Å². The van der Waals surface area contributed by atoms with Crippen molar-refractivity contribution in [3.8, 4) is 5.75 Å². The molecule has 0 spiro atoms. The van der Waals surface area contributed by atoms with E-state index in [1.807, 2.05) is 25.3 Å². The molecule has 0 aliphatic rings. The van der Waals surface area contributed by atoms with Gasteiger partial charge < -0.3 is 10.1 Å². The van der Waals surface area contributed by atoms with E-state index in [0.717, 1.165) is 11.4 Å². The summed E-state index contributed by atoms with van der Waals surface area (Å²) in [6.45, 7) is 1.91. The van der Waals surface area contributed by atoms with Gasteiger partial charge in [0.25, 0.3) is 0 Å². The molecule has 1 N–H and O–H groups in total. The van der Waals surface area contributed by atoms with Crippen LogP contribution in [0.4, 0.5) is 11.5 Å². The van der Waals surface area contributed by atoms with Crippen molar-refractivity contribution >= 4 is 29.2 Å². The highest BCUT2D eigenvalue weighted by molar-refractivity contribution is 7.98. The number of carbonyl (C=O) groups excluding carboxylic acids is 1. The maximum absolute atomic E-state index is 12.0. The number of carbonyl (C=O) groups is 1. The Morgan fingerprint density at radius 2 is 2.08 bits per heavy atom. The highest BCUT2D eigenvalue weighted by Gasteiger charge is 2.10. The molecule has 0 aliphatic carbocycles. The molecule has 0 amide bonds. The minimum absolute atomic E-state index is 0.150. The normalized spacial score (nSPS) is 10.3. The minimum atomic E-state index is -0.562. The average Bonchev–Trinajstić information content (AvgIpc) is 2.62. The first-order valence-corrected chi connectivity index (χ1v) is 8.61. The fraction of sp³-hybridized carbons (Fsp3) is 0.118. The number of nitrogens with zero attached hydrogens (tertiary/aromatic N) is 4. The van der Waals surface area contributed by atoms with Crippen LogP contribution in [0.1, 0.15) is 16.2 Å². The van der Waals surface area contributed by atoms with E-state index in [4.69, 9.17) is 4.74 Å². The summed E-state index contributed by atoms with van der Waals surface area (Å²) in [6, 6.07) is 8.89. The Morgan fingerprint density at radius 3 is 2.84 bits per heavy atom. The standard InChI is InChI=1S/C17H15N5O2S/c1-11-8-15(22-17(20-11)25-2)21-12-4-3-5-13(9-12)24-16(23)14-10-18-6-7-19-14/h3-10H,1-2H3,(H,20,21,22). The van der Waals surface area contributed by atoms with Gasteiger partial charge in [-0.3, -0.25) is 4.98 Å². The van der Waals surface area contributed by atoms with Crippen LogP contribution in [-0.4, -0.2) is 32.2 Å². The first kappa shape index (κ1) is 16.8. The van der Waals surface area contributed by atoms with Crippen molar-refractivity contribution in [1.29, 1.82) is 0 Å². The molecule has 0 bridgehead atoms. The molecule has 0 unspecified atom stereocenters. The van der Waals surface area contributed by atoms with E-state index in [1.54, 1.807) is 18.2 Å². The predicted molar refractivity (Wildman–Crippen MR) is 95.3 cm³/mol. The predicted octanol–water partition coefficient (Wildman–Crippen LogP) is 3.26. The number of anilines is 2. The van der Waals surface area contributed by atoms with Crippen LogP contribution in [0, 0.1) is 6.92 Å². The summed E-state index contributed by atoms with van der Waals surface area (Å²) in [5.41, 5.74) is 1.76. The largest absolute Gasteiger partial charge is 0.422 e. The summed E-state index contributed by atoms with van der Waals surface area (Å²) < 4.78 is 5.33. The molecule has 0 saturated carbocycles. The summed E-state index contributed by atoms with van der Waals surface area (Å²) in [5, 5.41) is 3.88. The third-order valence-corrected chi connectivity index (χ3v) is 3.65. The minimum Gasteiger partial charge on any atom is -0.422 e. The Labute approximate surface area is 148 Å². The molecule has 3 rings (SSSR count). The van der Waals surface area contributed by atoms with Crippen molar-refractivity contribution in [2.45, 2.75) is 12.1 Å². The van der Waals surface area contributed by atoms with E-state index in [1.165, 1.54) is 30.4 Å². The smallest absolute Gasteiger partial charge is 0.363 e. The zero-order chi connectivity index (χ0) is 17.6. The second-order valence-corrected chi connectivity index (χ2v) is 5.79. The van der Waals surface area contributed by atoms with Crippen molar-refractivity contribution < 1.29 is 9.53 Å². The van der Waals surface area contributed by atoms with E-state index in [2.05, 4.69) is 25.3 Å². The Bertz CT molecular complexity index is 889. The van der Waals surface area contributed by atoms with Crippen molar-refractivity contribution in [3.05, 3.63) is 60.3 Å². The van der Waals surface area contributed by atoms with Gasteiger partial charge in [-0.15, -0.1) is 0 Å². The first-order chi connectivity index (χ1) is 12.1. The molecular weight excluding hydrogens is 338 g/mol. The highest BCUT2D eigenvalue weighted by Crippen LogP contribution is 2.22. The number of ether oxygens (including phenoxy) is 1. The molecule has 7 nitrogen and oxygen atoms in total. The van der Waals surface area contributed by atoms with E-state index in [-0.39, 0.29) is 5.69 Å². The summed E-state index contributed by atoms with van der Waals surface area (Å²) in [7, 11) is 0. The molecule has 0 saturated heterocycles. The quantitative estimate of drug-likeness (QED) is 0.323. The summed E-state index contributed by atoms with van der Waals surface area (Å²) in [4.78, 5) is 28.5. The van der Waals surface area contributed by atoms with Gasteiger partial charge in [0.1, 0.15) is 11.6 Å². The summed E-state index contributed by atoms with van der Waals surface area (Å²) in [5.74, 6) is 0.513. The van der Waals surface area contributed by atoms with Gasteiger partial charge in [0.15, 0.2) is 10.9 Å². The molecule has 2 aromatic heterocycles. The zero-order valence-electron chi connectivity index (χ0n) is 13.6. The third-order valence-electron chi connectivity index (χ3n) is 3.11. The van der Waals surface area contributed by atoms with Crippen molar-refractivity contribution in [2.75, 3.05) is 11.6 Å². The number of rotatable bonds is 5. The zero-order valence-corrected chi connectivity index (χ0v) is 14.4. The first-order valence-electron chi connectivity index (χ1n) is 7.39. The van der Waals surface area contributed by atoms with Crippen LogP contribution in [0.15, 0.2) is 54.1 Å². The fourth-order valence-corrected chi connectivity index (χ4v) is 2.47. The number of aromatic nitrogens is 4. The van der Waals surface area contributed by atoms with E-state index in [9.17, 15) is 4.79 Å². The molecule has 0 aliphatic heterocycles. The highest BCUT2D eigenvalue weighted by atomic mass is 32.2. The number of nitrogens with one attached hydrogen (secondary N) is 1. The molecule has 3 aromatic rings. The SMILES string of the molecule is CSc1nc(C)cc(Nc2cccc(OC(=O)c3cnccn3)c2)n1. The van der Waals surface area contributed by atoms with Crippen molar-refractivity contribution in [1.82, 2.24) is 19.9 Å². The van der Waals surface area contributed by atoms with E-state index < -0.39 is 5.97 Å². The molecular formula is C17H15N5O2S. The molecule has 0 radical (unpaired) electrons. The maximum Gasteiger partial charge on any atom is 0.363 e. The van der Waals surface area contributed by atoms with Crippen LogP contribution >= 0.6 is 11.8 Å².